The zero-order valence-corrected chi connectivity index (χ0v) is 21.2. The Labute approximate surface area is 204 Å². The Morgan fingerprint density at radius 3 is 2.20 bits per heavy atom. The van der Waals surface area contributed by atoms with E-state index in [9.17, 15) is 8.42 Å². The highest BCUT2D eigenvalue weighted by atomic mass is 32.2. The maximum atomic E-state index is 13.5. The molecule has 0 bridgehead atoms. The lowest BCUT2D eigenvalue weighted by atomic mass is 9.85. The summed E-state index contributed by atoms with van der Waals surface area (Å²) in [7, 11) is 0.502. The Morgan fingerprint density at radius 1 is 1.06 bits per heavy atom. The highest BCUT2D eigenvalue weighted by molar-refractivity contribution is 7.93. The standard InChI is InChI=1S/C23H30N6O5S/c1-14-12-24-21(25-13-14)20(34-5)15(2)35(30,31)28-23-27-26-22(16-8-6-9-16)29(23)19-17(32-3)10-7-11-18(19)33-4/h7,10-13,15-16,20H,6,8-9H2,1-5H3,(H,27,28). The second-order valence-corrected chi connectivity index (χ2v) is 10.5. The molecule has 1 fully saturated rings. The van der Waals surface area contributed by atoms with Gasteiger partial charge in [-0.25, -0.2) is 18.4 Å². The third-order valence-electron chi connectivity index (χ3n) is 6.24. The predicted molar refractivity (Wildman–Crippen MR) is 130 cm³/mol. The van der Waals surface area contributed by atoms with E-state index in [2.05, 4.69) is 24.9 Å². The molecular weight excluding hydrogens is 472 g/mol. The summed E-state index contributed by atoms with van der Waals surface area (Å²) in [5.74, 6) is 2.12. The zero-order chi connectivity index (χ0) is 25.2. The Kier molecular flexibility index (Phi) is 7.22. The van der Waals surface area contributed by atoms with Crippen LogP contribution in [0.15, 0.2) is 30.6 Å². The minimum atomic E-state index is -4.01. The highest BCUT2D eigenvalue weighted by Gasteiger charge is 2.36. The summed E-state index contributed by atoms with van der Waals surface area (Å²) in [4.78, 5) is 8.51. The maximum absolute atomic E-state index is 13.5. The van der Waals surface area contributed by atoms with Crippen molar-refractivity contribution in [1.82, 2.24) is 24.7 Å². The summed E-state index contributed by atoms with van der Waals surface area (Å²) in [5.41, 5.74) is 1.39. The fraction of sp³-hybridized carbons (Fsp3) is 0.478. The SMILES string of the molecule is COc1cccc(OC)c1-n1c(NS(=O)(=O)C(C)C(OC)c2ncc(C)cn2)nnc1C1CCC1. The number of sulfonamides is 1. The van der Waals surface area contributed by atoms with Gasteiger partial charge in [0.2, 0.25) is 16.0 Å². The fourth-order valence-corrected chi connectivity index (χ4v) is 5.14. The quantitative estimate of drug-likeness (QED) is 0.444. The van der Waals surface area contributed by atoms with Crippen LogP contribution in [0.1, 0.15) is 55.4 Å². The van der Waals surface area contributed by atoms with Gasteiger partial charge in [0.25, 0.3) is 0 Å². The van der Waals surface area contributed by atoms with Gasteiger partial charge in [0.15, 0.2) is 5.82 Å². The minimum absolute atomic E-state index is 0.0428. The number of hydrogen-bond acceptors (Lipinski definition) is 9. The molecule has 2 unspecified atom stereocenters. The maximum Gasteiger partial charge on any atom is 0.243 e. The Bertz CT molecular complexity index is 1250. The lowest BCUT2D eigenvalue weighted by Gasteiger charge is -2.27. The van der Waals surface area contributed by atoms with Crippen LogP contribution >= 0.6 is 0 Å². The van der Waals surface area contributed by atoms with Crippen LogP contribution in [-0.4, -0.2) is 59.7 Å². The van der Waals surface area contributed by atoms with E-state index in [0.717, 1.165) is 24.8 Å². The number of benzene rings is 1. The van der Waals surface area contributed by atoms with Crippen molar-refractivity contribution in [2.45, 2.75) is 50.4 Å². The van der Waals surface area contributed by atoms with Crippen LogP contribution in [-0.2, 0) is 14.8 Å². The molecule has 188 valence electrons. The molecule has 4 rings (SSSR count). The van der Waals surface area contributed by atoms with E-state index in [1.165, 1.54) is 14.0 Å². The second-order valence-electron chi connectivity index (χ2n) is 8.48. The molecule has 1 aliphatic carbocycles. The van der Waals surface area contributed by atoms with E-state index >= 15 is 0 Å². The topological polar surface area (TPSA) is 130 Å². The summed E-state index contributed by atoms with van der Waals surface area (Å²) in [6.45, 7) is 3.39. The summed E-state index contributed by atoms with van der Waals surface area (Å²) >= 11 is 0. The van der Waals surface area contributed by atoms with Crippen molar-refractivity contribution in [3.63, 3.8) is 0 Å². The van der Waals surface area contributed by atoms with Gasteiger partial charge in [0.1, 0.15) is 34.4 Å². The van der Waals surface area contributed by atoms with Crippen molar-refractivity contribution >= 4 is 16.0 Å². The van der Waals surface area contributed by atoms with E-state index in [4.69, 9.17) is 14.2 Å². The number of nitrogens with one attached hydrogen (secondary N) is 1. The zero-order valence-electron chi connectivity index (χ0n) is 20.4. The first-order chi connectivity index (χ1) is 16.8. The summed E-state index contributed by atoms with van der Waals surface area (Å²) in [6.07, 6.45) is 5.30. The van der Waals surface area contributed by atoms with Crippen molar-refractivity contribution in [3.8, 4) is 17.2 Å². The van der Waals surface area contributed by atoms with E-state index in [0.29, 0.717) is 23.0 Å². The van der Waals surface area contributed by atoms with Gasteiger partial charge in [-0.05, 0) is 44.4 Å². The van der Waals surface area contributed by atoms with Crippen LogP contribution in [0.2, 0.25) is 0 Å². The monoisotopic (exact) mass is 502 g/mol. The summed E-state index contributed by atoms with van der Waals surface area (Å²) in [6, 6.07) is 5.35. The molecule has 0 aliphatic heterocycles. The average molecular weight is 503 g/mol. The van der Waals surface area contributed by atoms with Crippen LogP contribution in [0.25, 0.3) is 5.69 Å². The van der Waals surface area contributed by atoms with Gasteiger partial charge in [-0.1, -0.05) is 12.5 Å². The number of aromatic nitrogens is 5. The van der Waals surface area contributed by atoms with E-state index in [1.54, 1.807) is 49.4 Å². The van der Waals surface area contributed by atoms with Crippen molar-refractivity contribution < 1.29 is 22.6 Å². The predicted octanol–water partition coefficient (Wildman–Crippen LogP) is 3.17. The number of anilines is 1. The van der Waals surface area contributed by atoms with Gasteiger partial charge in [0.05, 0.1) is 14.2 Å². The molecule has 1 aromatic carbocycles. The van der Waals surface area contributed by atoms with Crippen molar-refractivity contribution in [1.29, 1.82) is 0 Å². The molecule has 0 radical (unpaired) electrons. The number of hydrogen-bond donors (Lipinski definition) is 1. The Hall–Kier alpha value is -3.25. The third kappa shape index (κ3) is 4.80. The van der Waals surface area contributed by atoms with E-state index < -0.39 is 21.4 Å². The highest BCUT2D eigenvalue weighted by Crippen LogP contribution is 2.42. The summed E-state index contributed by atoms with van der Waals surface area (Å²) in [5, 5.41) is 7.55. The number of ether oxygens (including phenoxy) is 3. The lowest BCUT2D eigenvalue weighted by Crippen LogP contribution is -2.33. The molecule has 3 aromatic rings. The van der Waals surface area contributed by atoms with Crippen LogP contribution in [0, 0.1) is 6.92 Å². The molecule has 2 aromatic heterocycles. The summed E-state index contributed by atoms with van der Waals surface area (Å²) < 4.78 is 48.0. The molecule has 0 amide bonds. The molecular formula is C23H30N6O5S. The second kappa shape index (κ2) is 10.2. The first-order valence-electron chi connectivity index (χ1n) is 11.3. The Balaban J connectivity index is 1.76. The van der Waals surface area contributed by atoms with Gasteiger partial charge in [-0.15, -0.1) is 10.2 Å². The van der Waals surface area contributed by atoms with Crippen molar-refractivity contribution in [3.05, 3.63) is 47.8 Å². The van der Waals surface area contributed by atoms with Crippen LogP contribution in [0.3, 0.4) is 0 Å². The van der Waals surface area contributed by atoms with Gasteiger partial charge in [0, 0.05) is 25.4 Å². The van der Waals surface area contributed by atoms with Crippen LogP contribution in [0.4, 0.5) is 5.95 Å². The number of para-hydroxylation sites is 1. The molecule has 12 heteroatoms. The first-order valence-corrected chi connectivity index (χ1v) is 12.8. The number of aryl methyl sites for hydroxylation is 1. The largest absolute Gasteiger partial charge is 0.494 e. The van der Waals surface area contributed by atoms with Crippen LogP contribution in [0.5, 0.6) is 11.5 Å². The smallest absolute Gasteiger partial charge is 0.243 e. The molecule has 2 atom stereocenters. The molecule has 1 aliphatic rings. The molecule has 2 heterocycles. The lowest BCUT2D eigenvalue weighted by molar-refractivity contribution is 0.0949. The molecule has 0 saturated heterocycles. The van der Waals surface area contributed by atoms with Gasteiger partial charge >= 0.3 is 0 Å². The molecule has 1 saturated carbocycles. The molecule has 35 heavy (non-hydrogen) atoms. The average Bonchev–Trinajstić information content (AvgIpc) is 3.20. The normalized spacial score (nSPS) is 15.8. The fourth-order valence-electron chi connectivity index (χ4n) is 4.01. The van der Waals surface area contributed by atoms with Gasteiger partial charge < -0.3 is 14.2 Å². The number of nitrogens with zero attached hydrogens (tertiary/aromatic N) is 5. The van der Waals surface area contributed by atoms with Crippen molar-refractivity contribution in [2.24, 2.45) is 0 Å². The van der Waals surface area contributed by atoms with Crippen molar-refractivity contribution in [2.75, 3.05) is 26.1 Å². The molecule has 0 spiro atoms. The number of methoxy groups -OCH3 is 3. The third-order valence-corrected chi connectivity index (χ3v) is 7.94. The Morgan fingerprint density at radius 2 is 1.69 bits per heavy atom. The molecule has 11 nitrogen and oxygen atoms in total. The number of rotatable bonds is 10. The minimum Gasteiger partial charge on any atom is -0.494 e. The van der Waals surface area contributed by atoms with Crippen LogP contribution < -0.4 is 14.2 Å². The molecule has 1 N–H and O–H groups in total. The van der Waals surface area contributed by atoms with E-state index in [1.807, 2.05) is 6.92 Å². The van der Waals surface area contributed by atoms with Gasteiger partial charge in [-0.3, -0.25) is 9.29 Å². The first kappa shape index (κ1) is 24.9. The van der Waals surface area contributed by atoms with Gasteiger partial charge in [-0.2, -0.15) is 0 Å². The van der Waals surface area contributed by atoms with E-state index in [-0.39, 0.29) is 17.7 Å².